The van der Waals surface area contributed by atoms with Crippen LogP contribution in [0.15, 0.2) is 26.8 Å². The summed E-state index contributed by atoms with van der Waals surface area (Å²) < 4.78 is 6.01. The van der Waals surface area contributed by atoms with Crippen molar-refractivity contribution in [1.29, 1.82) is 0 Å². The fraction of sp³-hybridized carbons (Fsp3) is 0.167. The van der Waals surface area contributed by atoms with Crippen LogP contribution < -0.4 is 5.56 Å². The maximum atomic E-state index is 12.2. The molecule has 102 valence electrons. The lowest BCUT2D eigenvalue weighted by molar-refractivity contribution is 0.0690. The molecule has 0 unspecified atom stereocenters. The number of aromatic carboxylic acids is 1. The van der Waals surface area contributed by atoms with Gasteiger partial charge in [0.15, 0.2) is 11.2 Å². The summed E-state index contributed by atoms with van der Waals surface area (Å²) in [6.45, 7) is 1.76. The third kappa shape index (κ3) is 1.90. The number of nitrogens with zero attached hydrogens (tertiary/aromatic N) is 3. The second kappa shape index (κ2) is 4.57. The van der Waals surface area contributed by atoms with Gasteiger partial charge < -0.3 is 9.63 Å². The van der Waals surface area contributed by atoms with Crippen LogP contribution in [0.2, 0.25) is 0 Å². The summed E-state index contributed by atoms with van der Waals surface area (Å²) in [5.74, 6) is -0.952. The molecule has 20 heavy (non-hydrogen) atoms. The smallest absolute Gasteiger partial charge is 0.357 e. The monoisotopic (exact) mass is 291 g/mol. The molecule has 7 nitrogen and oxygen atoms in total. The molecule has 0 aromatic carbocycles. The number of hydrogen-bond acceptors (Lipinski definition) is 6. The highest BCUT2D eigenvalue weighted by molar-refractivity contribution is 7.09. The molecule has 0 aliphatic carbocycles. The Morgan fingerprint density at radius 3 is 3.00 bits per heavy atom. The zero-order chi connectivity index (χ0) is 14.3. The topological polar surface area (TPSA) is 98.2 Å². The molecule has 0 fully saturated rings. The van der Waals surface area contributed by atoms with Crippen LogP contribution in [0.25, 0.3) is 10.9 Å². The Kier molecular flexibility index (Phi) is 2.87. The quantitative estimate of drug-likeness (QED) is 0.785. The Labute approximate surface area is 116 Å². The number of carbonyl (C=O) groups is 1. The van der Waals surface area contributed by atoms with Crippen molar-refractivity contribution >= 4 is 28.2 Å². The number of rotatable bonds is 3. The van der Waals surface area contributed by atoms with E-state index < -0.39 is 11.5 Å². The minimum absolute atomic E-state index is 0.00791. The van der Waals surface area contributed by atoms with Gasteiger partial charge in [-0.1, -0.05) is 11.2 Å². The first-order valence-electron chi connectivity index (χ1n) is 5.70. The Morgan fingerprint density at radius 1 is 1.55 bits per heavy atom. The van der Waals surface area contributed by atoms with Gasteiger partial charge in [0.25, 0.3) is 5.56 Å². The standard InChI is InChI=1S/C12H9N3O4S/c1-6-8-9(14-19-6)11(16)15(13-10(8)12(17)18)5-7-3-2-4-20-7/h2-4H,5H2,1H3,(H,17,18). The molecule has 3 heterocycles. The second-order valence-corrected chi connectivity index (χ2v) is 5.19. The lowest BCUT2D eigenvalue weighted by Gasteiger charge is -2.04. The van der Waals surface area contributed by atoms with Gasteiger partial charge in [0.2, 0.25) is 0 Å². The lowest BCUT2D eigenvalue weighted by atomic mass is 10.2. The van der Waals surface area contributed by atoms with Gasteiger partial charge in [0, 0.05) is 4.88 Å². The molecule has 3 aromatic rings. The first kappa shape index (κ1) is 12.5. The van der Waals surface area contributed by atoms with Crippen molar-refractivity contribution < 1.29 is 14.4 Å². The molecular formula is C12H9N3O4S. The highest BCUT2D eigenvalue weighted by atomic mass is 32.1. The van der Waals surface area contributed by atoms with Crippen LogP contribution in [0.5, 0.6) is 0 Å². The van der Waals surface area contributed by atoms with Crippen molar-refractivity contribution in [3.8, 4) is 0 Å². The number of hydrogen-bond donors (Lipinski definition) is 1. The molecule has 1 N–H and O–H groups in total. The molecule has 8 heteroatoms. The van der Waals surface area contributed by atoms with Crippen molar-refractivity contribution in [2.75, 3.05) is 0 Å². The summed E-state index contributed by atoms with van der Waals surface area (Å²) in [6.07, 6.45) is 0. The number of carboxylic acids is 1. The molecule has 0 spiro atoms. The Hall–Kier alpha value is -2.48. The van der Waals surface area contributed by atoms with E-state index in [-0.39, 0.29) is 28.9 Å². The van der Waals surface area contributed by atoms with Crippen LogP contribution in [0.4, 0.5) is 0 Å². The van der Waals surface area contributed by atoms with Gasteiger partial charge in [0.1, 0.15) is 5.76 Å². The summed E-state index contributed by atoms with van der Waals surface area (Å²) in [4.78, 5) is 24.4. The van der Waals surface area contributed by atoms with Crippen molar-refractivity contribution in [3.63, 3.8) is 0 Å². The van der Waals surface area contributed by atoms with E-state index in [9.17, 15) is 14.7 Å². The minimum Gasteiger partial charge on any atom is -0.476 e. The summed E-state index contributed by atoms with van der Waals surface area (Å²) in [6, 6.07) is 3.69. The SMILES string of the molecule is Cc1onc2c(=O)n(Cc3cccs3)nc(C(=O)O)c12. The molecule has 0 radical (unpaired) electrons. The van der Waals surface area contributed by atoms with Gasteiger partial charge in [-0.25, -0.2) is 9.48 Å². The van der Waals surface area contributed by atoms with Gasteiger partial charge in [-0.2, -0.15) is 5.10 Å². The molecule has 3 aromatic heterocycles. The number of fused-ring (bicyclic) bond motifs is 1. The number of aromatic nitrogens is 3. The molecule has 0 amide bonds. The van der Waals surface area contributed by atoms with Gasteiger partial charge in [-0.05, 0) is 18.4 Å². The fourth-order valence-corrected chi connectivity index (χ4v) is 2.63. The summed E-state index contributed by atoms with van der Waals surface area (Å²) in [7, 11) is 0. The molecule has 0 atom stereocenters. The van der Waals surface area contributed by atoms with E-state index >= 15 is 0 Å². The number of aryl methyl sites for hydroxylation is 1. The molecule has 0 aliphatic heterocycles. The number of carboxylic acid groups (broad SMARTS) is 1. The van der Waals surface area contributed by atoms with Crippen molar-refractivity contribution in [1.82, 2.24) is 14.9 Å². The third-order valence-electron chi connectivity index (χ3n) is 2.85. The first-order chi connectivity index (χ1) is 9.58. The lowest BCUT2D eigenvalue weighted by Crippen LogP contribution is -2.26. The van der Waals surface area contributed by atoms with Crippen molar-refractivity contribution in [2.24, 2.45) is 0 Å². The van der Waals surface area contributed by atoms with E-state index in [1.54, 1.807) is 6.92 Å². The minimum atomic E-state index is -1.22. The average molecular weight is 291 g/mol. The predicted molar refractivity (Wildman–Crippen MR) is 71.2 cm³/mol. The molecular weight excluding hydrogens is 282 g/mol. The van der Waals surface area contributed by atoms with Crippen LogP contribution in [0, 0.1) is 6.92 Å². The molecule has 0 bridgehead atoms. The molecule has 0 saturated heterocycles. The van der Waals surface area contributed by atoms with E-state index in [4.69, 9.17) is 4.52 Å². The van der Waals surface area contributed by atoms with Crippen LogP contribution >= 0.6 is 11.3 Å². The Balaban J connectivity index is 2.26. The zero-order valence-electron chi connectivity index (χ0n) is 10.4. The summed E-state index contributed by atoms with van der Waals surface area (Å²) >= 11 is 1.46. The molecule has 0 aliphatic rings. The molecule has 0 saturated carbocycles. The summed E-state index contributed by atoms with van der Waals surface area (Å²) in [5.41, 5.74) is -0.698. The van der Waals surface area contributed by atoms with E-state index in [0.29, 0.717) is 0 Å². The third-order valence-corrected chi connectivity index (χ3v) is 3.71. The zero-order valence-corrected chi connectivity index (χ0v) is 11.2. The first-order valence-corrected chi connectivity index (χ1v) is 6.58. The van der Waals surface area contributed by atoms with E-state index in [0.717, 1.165) is 9.56 Å². The van der Waals surface area contributed by atoms with Crippen molar-refractivity contribution in [2.45, 2.75) is 13.5 Å². The van der Waals surface area contributed by atoms with Gasteiger partial charge in [0.05, 0.1) is 11.9 Å². The largest absolute Gasteiger partial charge is 0.476 e. The average Bonchev–Trinajstić information content (AvgIpc) is 3.03. The van der Waals surface area contributed by atoms with Crippen LogP contribution in [-0.4, -0.2) is 26.0 Å². The Morgan fingerprint density at radius 2 is 2.35 bits per heavy atom. The summed E-state index contributed by atoms with van der Waals surface area (Å²) in [5, 5.41) is 18.8. The highest BCUT2D eigenvalue weighted by Gasteiger charge is 2.21. The Bertz CT molecular complexity index is 848. The van der Waals surface area contributed by atoms with E-state index in [1.807, 2.05) is 17.5 Å². The maximum Gasteiger partial charge on any atom is 0.357 e. The fourth-order valence-electron chi connectivity index (χ4n) is 1.94. The van der Waals surface area contributed by atoms with E-state index in [2.05, 4.69) is 10.3 Å². The molecule has 3 rings (SSSR count). The normalized spacial score (nSPS) is 11.1. The maximum absolute atomic E-state index is 12.2. The van der Waals surface area contributed by atoms with Crippen LogP contribution in [0.3, 0.4) is 0 Å². The van der Waals surface area contributed by atoms with Gasteiger partial charge >= 0.3 is 5.97 Å². The van der Waals surface area contributed by atoms with Crippen LogP contribution in [0.1, 0.15) is 21.1 Å². The van der Waals surface area contributed by atoms with Gasteiger partial charge in [-0.15, -0.1) is 11.3 Å². The second-order valence-electron chi connectivity index (χ2n) is 4.16. The van der Waals surface area contributed by atoms with Crippen LogP contribution in [-0.2, 0) is 6.54 Å². The van der Waals surface area contributed by atoms with E-state index in [1.165, 1.54) is 11.3 Å². The van der Waals surface area contributed by atoms with Crippen molar-refractivity contribution in [3.05, 3.63) is 44.2 Å². The van der Waals surface area contributed by atoms with Gasteiger partial charge in [-0.3, -0.25) is 4.79 Å². The predicted octanol–water partition coefficient (Wildman–Crippen LogP) is 1.50. The highest BCUT2D eigenvalue weighted by Crippen LogP contribution is 2.18. The number of thiophene rings is 1.